The first-order valence-electron chi connectivity index (χ1n) is 5.63. The van der Waals surface area contributed by atoms with Crippen molar-refractivity contribution in [1.82, 2.24) is 5.32 Å². The van der Waals surface area contributed by atoms with E-state index in [1.165, 1.54) is 6.92 Å². The van der Waals surface area contributed by atoms with Crippen LogP contribution in [0.25, 0.3) is 0 Å². The number of nitrogens with one attached hydrogen (secondary N) is 1. The lowest BCUT2D eigenvalue weighted by atomic mass is 10.1. The van der Waals surface area contributed by atoms with Gasteiger partial charge in [0.15, 0.2) is 0 Å². The number of thiophene rings is 1. The summed E-state index contributed by atoms with van der Waals surface area (Å²) < 4.78 is 5.63. The third-order valence-electron chi connectivity index (χ3n) is 2.33. The van der Waals surface area contributed by atoms with Gasteiger partial charge in [0.25, 0.3) is 0 Å². The monoisotopic (exact) mass is 257 g/mol. The number of hydrogen-bond acceptors (Lipinski definition) is 4. The Morgan fingerprint density at radius 3 is 2.76 bits per heavy atom. The third-order valence-corrected chi connectivity index (χ3v) is 3.44. The number of aryl methyl sites for hydroxylation is 1. The molecule has 0 radical (unpaired) electrons. The fourth-order valence-corrected chi connectivity index (χ4v) is 2.67. The van der Waals surface area contributed by atoms with E-state index in [4.69, 9.17) is 4.74 Å². The van der Waals surface area contributed by atoms with Gasteiger partial charge in [-0.05, 0) is 30.9 Å². The molecule has 96 valence electrons. The summed E-state index contributed by atoms with van der Waals surface area (Å²) in [6.07, 6.45) is -0.285. The summed E-state index contributed by atoms with van der Waals surface area (Å²) in [5.41, 5.74) is 1.16. The largest absolute Gasteiger partial charge is 0.394 e. The molecule has 2 atom stereocenters. The fraction of sp³-hybridized carbons (Fsp3) is 0.583. The predicted molar refractivity (Wildman–Crippen MR) is 68.1 cm³/mol. The first kappa shape index (κ1) is 14.2. The van der Waals surface area contributed by atoms with Gasteiger partial charge in [0.2, 0.25) is 5.91 Å². The predicted octanol–water partition coefficient (Wildman–Crippen LogP) is 1.63. The van der Waals surface area contributed by atoms with Gasteiger partial charge in [-0.15, -0.1) is 11.3 Å². The van der Waals surface area contributed by atoms with Crippen molar-refractivity contribution in [3.63, 3.8) is 0 Å². The van der Waals surface area contributed by atoms with Crippen molar-refractivity contribution in [3.05, 3.63) is 21.9 Å². The molecular formula is C12H19NO3S. The van der Waals surface area contributed by atoms with E-state index >= 15 is 0 Å². The van der Waals surface area contributed by atoms with Crippen molar-refractivity contribution in [1.29, 1.82) is 0 Å². The first-order valence-corrected chi connectivity index (χ1v) is 6.51. The lowest BCUT2D eigenvalue weighted by Gasteiger charge is -2.25. The summed E-state index contributed by atoms with van der Waals surface area (Å²) in [5.74, 6) is -0.165. The smallest absolute Gasteiger partial charge is 0.217 e. The Morgan fingerprint density at radius 1 is 1.65 bits per heavy atom. The van der Waals surface area contributed by atoms with Crippen molar-refractivity contribution in [2.75, 3.05) is 13.2 Å². The quantitative estimate of drug-likeness (QED) is 0.814. The SMILES string of the molecule is CCO[C@H](c1cc(C)cs1)[C@H](CO)NC(C)=O. The maximum Gasteiger partial charge on any atom is 0.217 e. The van der Waals surface area contributed by atoms with Crippen molar-refractivity contribution < 1.29 is 14.6 Å². The normalized spacial score (nSPS) is 14.4. The molecule has 2 N–H and O–H groups in total. The number of hydrogen-bond donors (Lipinski definition) is 2. The molecule has 0 aliphatic rings. The van der Waals surface area contributed by atoms with E-state index in [0.29, 0.717) is 6.61 Å². The Kier molecular flexibility index (Phi) is 5.61. The molecule has 0 fully saturated rings. The summed E-state index contributed by atoms with van der Waals surface area (Å²) >= 11 is 1.58. The van der Waals surface area contributed by atoms with Crippen LogP contribution in [0.15, 0.2) is 11.4 Å². The Hall–Kier alpha value is -0.910. The zero-order chi connectivity index (χ0) is 12.8. The van der Waals surface area contributed by atoms with Gasteiger partial charge in [-0.25, -0.2) is 0 Å². The maximum absolute atomic E-state index is 11.1. The van der Waals surface area contributed by atoms with Crippen molar-refractivity contribution >= 4 is 17.2 Å². The van der Waals surface area contributed by atoms with E-state index in [2.05, 4.69) is 5.32 Å². The Morgan fingerprint density at radius 2 is 2.35 bits per heavy atom. The molecule has 0 aromatic carbocycles. The highest BCUT2D eigenvalue weighted by molar-refractivity contribution is 7.10. The maximum atomic E-state index is 11.1. The van der Waals surface area contributed by atoms with Crippen molar-refractivity contribution in [3.8, 4) is 0 Å². The van der Waals surface area contributed by atoms with Gasteiger partial charge >= 0.3 is 0 Å². The zero-order valence-corrected chi connectivity index (χ0v) is 11.2. The summed E-state index contributed by atoms with van der Waals surface area (Å²) in [7, 11) is 0. The van der Waals surface area contributed by atoms with Crippen molar-refractivity contribution in [2.45, 2.75) is 32.9 Å². The number of aliphatic hydroxyl groups excluding tert-OH is 1. The highest BCUT2D eigenvalue weighted by Gasteiger charge is 2.25. The van der Waals surface area contributed by atoms with E-state index in [0.717, 1.165) is 10.4 Å². The number of aliphatic hydroxyl groups is 1. The molecule has 17 heavy (non-hydrogen) atoms. The minimum Gasteiger partial charge on any atom is -0.394 e. The van der Waals surface area contributed by atoms with Crippen LogP contribution in [0.4, 0.5) is 0 Å². The standard InChI is InChI=1S/C12H19NO3S/c1-4-16-12(10(6-14)13-9(3)15)11-5-8(2)7-17-11/h5,7,10,12,14H,4,6H2,1-3H3,(H,13,15)/t10-,12-/m0/s1. The van der Waals surface area contributed by atoms with E-state index in [9.17, 15) is 9.90 Å². The van der Waals surface area contributed by atoms with Crippen molar-refractivity contribution in [2.24, 2.45) is 0 Å². The molecule has 0 spiro atoms. The van der Waals surface area contributed by atoms with Crippen LogP contribution in [0.5, 0.6) is 0 Å². The van der Waals surface area contributed by atoms with Crippen LogP contribution >= 0.6 is 11.3 Å². The second-order valence-corrected chi connectivity index (χ2v) is 4.83. The van der Waals surface area contributed by atoms with Gasteiger partial charge in [0.05, 0.1) is 12.6 Å². The molecule has 0 aliphatic carbocycles. The van der Waals surface area contributed by atoms with Crippen LogP contribution < -0.4 is 5.32 Å². The minimum atomic E-state index is -0.398. The molecule has 0 saturated carbocycles. The van der Waals surface area contributed by atoms with E-state index in [1.807, 2.05) is 25.3 Å². The number of carbonyl (C=O) groups is 1. The van der Waals surface area contributed by atoms with Gasteiger partial charge in [-0.1, -0.05) is 0 Å². The molecule has 4 nitrogen and oxygen atoms in total. The van der Waals surface area contributed by atoms with Gasteiger partial charge in [0, 0.05) is 18.4 Å². The molecule has 1 heterocycles. The number of rotatable bonds is 6. The molecular weight excluding hydrogens is 238 g/mol. The Labute approximate surface area is 106 Å². The summed E-state index contributed by atoms with van der Waals surface area (Å²) in [5, 5.41) is 14.1. The molecule has 0 unspecified atom stereocenters. The Bertz CT molecular complexity index is 364. The third kappa shape index (κ3) is 4.11. The molecule has 0 bridgehead atoms. The number of amides is 1. The molecule has 1 rings (SSSR count). The van der Waals surface area contributed by atoms with Crippen LogP contribution in [-0.2, 0) is 9.53 Å². The lowest BCUT2D eigenvalue weighted by Crippen LogP contribution is -2.41. The molecule has 0 saturated heterocycles. The number of carbonyl (C=O) groups excluding carboxylic acids is 1. The second-order valence-electron chi connectivity index (χ2n) is 3.89. The molecule has 0 aliphatic heterocycles. The lowest BCUT2D eigenvalue weighted by molar-refractivity contribution is -0.121. The topological polar surface area (TPSA) is 58.6 Å². The molecule has 1 aromatic heterocycles. The Balaban J connectivity index is 2.85. The van der Waals surface area contributed by atoms with Crippen LogP contribution in [0, 0.1) is 6.92 Å². The van der Waals surface area contributed by atoms with Gasteiger partial charge in [-0.2, -0.15) is 0 Å². The van der Waals surface area contributed by atoms with E-state index < -0.39 is 6.04 Å². The van der Waals surface area contributed by atoms with Crippen LogP contribution in [0.1, 0.15) is 30.4 Å². The highest BCUT2D eigenvalue weighted by Crippen LogP contribution is 2.27. The average molecular weight is 257 g/mol. The van der Waals surface area contributed by atoms with E-state index in [-0.39, 0.29) is 18.6 Å². The van der Waals surface area contributed by atoms with E-state index in [1.54, 1.807) is 11.3 Å². The van der Waals surface area contributed by atoms with Crippen LogP contribution in [-0.4, -0.2) is 30.3 Å². The second kappa shape index (κ2) is 6.74. The first-order chi connectivity index (χ1) is 8.08. The zero-order valence-electron chi connectivity index (χ0n) is 10.4. The highest BCUT2D eigenvalue weighted by atomic mass is 32.1. The average Bonchev–Trinajstić information content (AvgIpc) is 2.69. The molecule has 1 amide bonds. The number of ether oxygens (including phenoxy) is 1. The van der Waals surface area contributed by atoms with Crippen LogP contribution in [0.3, 0.4) is 0 Å². The minimum absolute atomic E-state index is 0.138. The molecule has 1 aromatic rings. The van der Waals surface area contributed by atoms with Gasteiger partial charge in [-0.3, -0.25) is 4.79 Å². The summed E-state index contributed by atoms with van der Waals surface area (Å²) in [4.78, 5) is 12.1. The van der Waals surface area contributed by atoms with Gasteiger partial charge < -0.3 is 15.2 Å². The fourth-order valence-electron chi connectivity index (χ4n) is 1.66. The molecule has 5 heteroatoms. The summed E-state index contributed by atoms with van der Waals surface area (Å²) in [6.45, 7) is 5.75. The summed E-state index contributed by atoms with van der Waals surface area (Å²) in [6, 6.07) is 1.63. The van der Waals surface area contributed by atoms with Gasteiger partial charge in [0.1, 0.15) is 6.10 Å². The van der Waals surface area contributed by atoms with Crippen LogP contribution in [0.2, 0.25) is 0 Å².